The summed E-state index contributed by atoms with van der Waals surface area (Å²) in [6.07, 6.45) is 0. The van der Waals surface area contributed by atoms with Crippen LogP contribution in [0.4, 0.5) is 5.69 Å². The van der Waals surface area contributed by atoms with Gasteiger partial charge in [-0.05, 0) is 61.5 Å². The van der Waals surface area contributed by atoms with Crippen molar-refractivity contribution in [2.24, 2.45) is 0 Å². The van der Waals surface area contributed by atoms with Crippen LogP contribution in [-0.4, -0.2) is 5.91 Å². The molecule has 1 amide bonds. The zero-order valence-electron chi connectivity index (χ0n) is 14.9. The van der Waals surface area contributed by atoms with E-state index in [0.717, 1.165) is 28.1 Å². The van der Waals surface area contributed by atoms with Crippen molar-refractivity contribution < 1.29 is 9.53 Å². The van der Waals surface area contributed by atoms with Gasteiger partial charge in [-0.25, -0.2) is 0 Å². The molecule has 1 N–H and O–H groups in total. The second-order valence-electron chi connectivity index (χ2n) is 6.24. The van der Waals surface area contributed by atoms with Gasteiger partial charge in [-0.2, -0.15) is 0 Å². The highest BCUT2D eigenvalue weighted by Crippen LogP contribution is 2.25. The number of amides is 1. The fraction of sp³-hybridized carbons (Fsp3) is 0.190. The topological polar surface area (TPSA) is 38.3 Å². The molecule has 3 rings (SSSR count). The fourth-order valence-electron chi connectivity index (χ4n) is 2.62. The van der Waals surface area contributed by atoms with Gasteiger partial charge in [0.25, 0.3) is 5.91 Å². The van der Waals surface area contributed by atoms with Gasteiger partial charge in [0.05, 0.1) is 4.88 Å². The molecule has 0 aliphatic carbocycles. The number of anilines is 1. The van der Waals surface area contributed by atoms with Crippen molar-refractivity contribution in [1.82, 2.24) is 0 Å². The Morgan fingerprint density at radius 2 is 1.96 bits per heavy atom. The van der Waals surface area contributed by atoms with Crippen molar-refractivity contribution in [2.75, 3.05) is 5.32 Å². The number of hydrogen-bond donors (Lipinski definition) is 1. The first kappa shape index (κ1) is 18.5. The summed E-state index contributed by atoms with van der Waals surface area (Å²) < 4.78 is 5.88. The van der Waals surface area contributed by atoms with Gasteiger partial charge in [-0.3, -0.25) is 4.79 Å². The van der Waals surface area contributed by atoms with Crippen LogP contribution in [0.15, 0.2) is 47.8 Å². The average molecular weight is 386 g/mol. The summed E-state index contributed by atoms with van der Waals surface area (Å²) in [5.74, 6) is 0.723. The maximum Gasteiger partial charge on any atom is 0.265 e. The molecule has 0 aliphatic heterocycles. The molecular weight excluding hydrogens is 366 g/mol. The van der Waals surface area contributed by atoms with Crippen LogP contribution >= 0.6 is 22.9 Å². The number of thiophene rings is 1. The molecule has 0 saturated heterocycles. The molecule has 0 aliphatic rings. The third-order valence-electron chi connectivity index (χ3n) is 4.12. The molecule has 1 heterocycles. The lowest BCUT2D eigenvalue weighted by Crippen LogP contribution is -2.11. The Labute approximate surface area is 162 Å². The minimum Gasteiger partial charge on any atom is -0.489 e. The number of halogens is 1. The molecule has 1 aromatic heterocycles. The predicted molar refractivity (Wildman–Crippen MR) is 109 cm³/mol. The first-order chi connectivity index (χ1) is 12.4. The molecule has 0 atom stereocenters. The van der Waals surface area contributed by atoms with Gasteiger partial charge >= 0.3 is 0 Å². The second-order valence-corrected chi connectivity index (χ2v) is 7.56. The van der Waals surface area contributed by atoms with Crippen LogP contribution < -0.4 is 10.1 Å². The summed E-state index contributed by atoms with van der Waals surface area (Å²) in [7, 11) is 0. The zero-order valence-corrected chi connectivity index (χ0v) is 16.5. The molecule has 134 valence electrons. The van der Waals surface area contributed by atoms with Crippen LogP contribution in [0.2, 0.25) is 5.02 Å². The molecule has 0 unspecified atom stereocenters. The number of hydrogen-bond acceptors (Lipinski definition) is 3. The normalized spacial score (nSPS) is 10.6. The molecule has 0 bridgehead atoms. The van der Waals surface area contributed by atoms with Crippen molar-refractivity contribution in [3.05, 3.63) is 80.0 Å². The minimum absolute atomic E-state index is 0.141. The number of benzene rings is 2. The highest BCUT2D eigenvalue weighted by molar-refractivity contribution is 7.12. The number of aryl methyl sites for hydroxylation is 2. The van der Waals surface area contributed by atoms with Gasteiger partial charge in [0.15, 0.2) is 0 Å². The molecule has 0 saturated carbocycles. The van der Waals surface area contributed by atoms with E-state index in [0.29, 0.717) is 16.5 Å². The maximum atomic E-state index is 12.5. The van der Waals surface area contributed by atoms with E-state index in [-0.39, 0.29) is 5.91 Å². The highest BCUT2D eigenvalue weighted by Gasteiger charge is 2.12. The largest absolute Gasteiger partial charge is 0.489 e. The van der Waals surface area contributed by atoms with Crippen molar-refractivity contribution >= 4 is 34.5 Å². The molecule has 3 aromatic rings. The summed E-state index contributed by atoms with van der Waals surface area (Å²) in [5, 5.41) is 5.50. The van der Waals surface area contributed by atoms with Gasteiger partial charge < -0.3 is 10.1 Å². The first-order valence-corrected chi connectivity index (χ1v) is 9.53. The standard InChI is InChI=1S/C21H20ClNO2S/c1-13-7-8-19(14(2)9-13)25-11-16-10-20(26-12-16)21(24)23-18-6-4-5-17(22)15(18)3/h4-10,12H,11H2,1-3H3,(H,23,24). The Morgan fingerprint density at radius 3 is 2.73 bits per heavy atom. The lowest BCUT2D eigenvalue weighted by atomic mass is 10.1. The van der Waals surface area contributed by atoms with E-state index in [1.54, 1.807) is 6.07 Å². The van der Waals surface area contributed by atoms with Gasteiger partial charge in [-0.1, -0.05) is 35.4 Å². The SMILES string of the molecule is Cc1ccc(OCc2csc(C(=O)Nc3cccc(Cl)c3C)c2)c(C)c1. The average Bonchev–Trinajstić information content (AvgIpc) is 3.07. The molecule has 0 spiro atoms. The fourth-order valence-corrected chi connectivity index (χ4v) is 3.59. The van der Waals surface area contributed by atoms with Crippen LogP contribution in [0, 0.1) is 20.8 Å². The van der Waals surface area contributed by atoms with Crippen molar-refractivity contribution in [1.29, 1.82) is 0 Å². The van der Waals surface area contributed by atoms with Gasteiger partial charge in [0, 0.05) is 16.3 Å². The number of carbonyl (C=O) groups excluding carboxylic acids is 1. The number of carbonyl (C=O) groups is 1. The Morgan fingerprint density at radius 1 is 1.15 bits per heavy atom. The minimum atomic E-state index is -0.141. The number of rotatable bonds is 5. The molecule has 0 fully saturated rings. The van der Waals surface area contributed by atoms with Crippen molar-refractivity contribution in [3.63, 3.8) is 0 Å². The second kappa shape index (κ2) is 7.94. The highest BCUT2D eigenvalue weighted by atomic mass is 35.5. The third-order valence-corrected chi connectivity index (χ3v) is 5.51. The summed E-state index contributed by atoms with van der Waals surface area (Å²) in [6.45, 7) is 6.41. The summed E-state index contributed by atoms with van der Waals surface area (Å²) in [4.78, 5) is 13.1. The summed E-state index contributed by atoms with van der Waals surface area (Å²) in [5.41, 5.74) is 4.87. The van der Waals surface area contributed by atoms with Crippen LogP contribution in [0.1, 0.15) is 31.9 Å². The monoisotopic (exact) mass is 385 g/mol. The van der Waals surface area contributed by atoms with Crippen molar-refractivity contribution in [3.8, 4) is 5.75 Å². The Bertz CT molecular complexity index is 949. The van der Waals surface area contributed by atoms with Crippen LogP contribution in [-0.2, 0) is 6.61 Å². The van der Waals surface area contributed by atoms with E-state index in [1.807, 2.05) is 49.6 Å². The van der Waals surface area contributed by atoms with E-state index in [4.69, 9.17) is 16.3 Å². The lowest BCUT2D eigenvalue weighted by Gasteiger charge is -2.09. The summed E-state index contributed by atoms with van der Waals surface area (Å²) in [6, 6.07) is 13.4. The maximum absolute atomic E-state index is 12.5. The van der Waals surface area contributed by atoms with Crippen molar-refractivity contribution in [2.45, 2.75) is 27.4 Å². The quantitative estimate of drug-likeness (QED) is 0.571. The third kappa shape index (κ3) is 4.26. The van der Waals surface area contributed by atoms with E-state index in [1.165, 1.54) is 16.9 Å². The molecule has 26 heavy (non-hydrogen) atoms. The predicted octanol–water partition coefficient (Wildman–Crippen LogP) is 6.16. The zero-order chi connectivity index (χ0) is 18.7. The number of ether oxygens (including phenoxy) is 1. The van der Waals surface area contributed by atoms with Crippen LogP contribution in [0.25, 0.3) is 0 Å². The van der Waals surface area contributed by atoms with E-state index in [9.17, 15) is 4.79 Å². The Hall–Kier alpha value is -2.30. The lowest BCUT2D eigenvalue weighted by molar-refractivity contribution is 0.103. The summed E-state index contributed by atoms with van der Waals surface area (Å²) >= 11 is 7.51. The molecule has 2 aromatic carbocycles. The smallest absolute Gasteiger partial charge is 0.265 e. The van der Waals surface area contributed by atoms with Gasteiger partial charge in [0.2, 0.25) is 0 Å². The van der Waals surface area contributed by atoms with Crippen LogP contribution in [0.5, 0.6) is 5.75 Å². The molecular formula is C21H20ClNO2S. The first-order valence-electron chi connectivity index (χ1n) is 8.28. The van der Waals surface area contributed by atoms with E-state index >= 15 is 0 Å². The van der Waals surface area contributed by atoms with Gasteiger partial charge in [-0.15, -0.1) is 11.3 Å². The Balaban J connectivity index is 1.65. The van der Waals surface area contributed by atoms with E-state index < -0.39 is 0 Å². The van der Waals surface area contributed by atoms with Gasteiger partial charge in [0.1, 0.15) is 12.4 Å². The molecule has 5 heteroatoms. The van der Waals surface area contributed by atoms with Crippen LogP contribution in [0.3, 0.4) is 0 Å². The molecule has 0 radical (unpaired) electrons. The van der Waals surface area contributed by atoms with E-state index in [2.05, 4.69) is 18.3 Å². The molecule has 3 nitrogen and oxygen atoms in total. The number of nitrogens with one attached hydrogen (secondary N) is 1. The Kier molecular flexibility index (Phi) is 5.64.